The van der Waals surface area contributed by atoms with Crippen LogP contribution >= 0.6 is 34.0 Å². The van der Waals surface area contributed by atoms with Crippen molar-refractivity contribution in [1.82, 2.24) is 14.9 Å². The molecule has 0 radical (unpaired) electrons. The number of carbonyl (C=O) groups is 3. The van der Waals surface area contributed by atoms with Gasteiger partial charge >= 0.3 is 23.7 Å². The number of H-pyrrole nitrogens is 1. The zero-order valence-corrected chi connectivity index (χ0v) is 29.0. The van der Waals surface area contributed by atoms with Crippen molar-refractivity contribution < 1.29 is 23.9 Å². The summed E-state index contributed by atoms with van der Waals surface area (Å²) in [6, 6.07) is -0.350. The maximum absolute atomic E-state index is 11.8. The molecule has 44 heavy (non-hydrogen) atoms. The number of hydrogen-bond acceptors (Lipinski definition) is 11. The van der Waals surface area contributed by atoms with Gasteiger partial charge in [-0.3, -0.25) is 19.7 Å². The first-order chi connectivity index (χ1) is 20.6. The van der Waals surface area contributed by atoms with Crippen LogP contribution in [0.15, 0.2) is 9.59 Å². The van der Waals surface area contributed by atoms with Crippen LogP contribution in [-0.2, 0) is 16.5 Å². The summed E-state index contributed by atoms with van der Waals surface area (Å²) in [7, 11) is 3.00. The van der Waals surface area contributed by atoms with Gasteiger partial charge in [0.15, 0.2) is 0 Å². The lowest BCUT2D eigenvalue weighted by molar-refractivity contribution is 0.0517. The second-order valence-electron chi connectivity index (χ2n) is 9.44. The normalized spacial score (nSPS) is 10.3. The van der Waals surface area contributed by atoms with E-state index >= 15 is 0 Å². The molecule has 0 aromatic carbocycles. The van der Waals surface area contributed by atoms with E-state index in [0.29, 0.717) is 44.6 Å². The van der Waals surface area contributed by atoms with Crippen molar-refractivity contribution in [3.8, 4) is 0 Å². The molecule has 0 aliphatic carbocycles. The van der Waals surface area contributed by atoms with E-state index in [9.17, 15) is 24.0 Å². The quantitative estimate of drug-likeness (QED) is 0.207. The molecular weight excluding hydrogens is 627 g/mol. The molecule has 4 heterocycles. The molecule has 0 bridgehead atoms. The third-order valence-electron chi connectivity index (χ3n) is 6.64. The van der Waals surface area contributed by atoms with Gasteiger partial charge in [0.05, 0.1) is 29.7 Å². The van der Waals surface area contributed by atoms with E-state index in [-0.39, 0.29) is 23.2 Å². The number of aromatic nitrogens is 2. The Morgan fingerprint density at radius 3 is 1.82 bits per heavy atom. The van der Waals surface area contributed by atoms with Crippen molar-refractivity contribution in [2.75, 3.05) is 31.3 Å². The van der Waals surface area contributed by atoms with Gasteiger partial charge in [-0.15, -0.1) is 34.0 Å². The molecule has 0 saturated carbocycles. The van der Waals surface area contributed by atoms with Gasteiger partial charge in [0.2, 0.25) is 0 Å². The maximum atomic E-state index is 11.8. The number of nitrogens with two attached hydrogens (primary N) is 1. The predicted octanol–water partition coefficient (Wildman–Crippen LogP) is 5.32. The Labute approximate surface area is 267 Å². The number of nitrogen functional groups attached to an aromatic ring is 1. The number of aryl methyl sites for hydroxylation is 4. The number of fused-ring (bicyclic) bond motifs is 1. The summed E-state index contributed by atoms with van der Waals surface area (Å²) in [6.45, 7) is 15.6. The van der Waals surface area contributed by atoms with Crippen molar-refractivity contribution in [1.29, 1.82) is 0 Å². The zero-order chi connectivity index (χ0) is 33.5. The second kappa shape index (κ2) is 15.7. The highest BCUT2D eigenvalue weighted by Crippen LogP contribution is 2.33. The number of anilines is 2. The number of carbonyl (C=O) groups excluding carboxylic acids is 3. The molecule has 0 spiro atoms. The summed E-state index contributed by atoms with van der Waals surface area (Å²) in [5, 5.41) is 6.78. The van der Waals surface area contributed by atoms with E-state index in [1.54, 1.807) is 13.8 Å². The van der Waals surface area contributed by atoms with E-state index in [1.807, 2.05) is 41.5 Å². The number of nitrogens with one attached hydrogen (secondary N) is 3. The van der Waals surface area contributed by atoms with Crippen LogP contribution in [0.5, 0.6) is 0 Å². The molecule has 0 unspecified atom stereocenters. The highest BCUT2D eigenvalue weighted by Gasteiger charge is 2.22. The van der Waals surface area contributed by atoms with Crippen LogP contribution in [0.25, 0.3) is 10.2 Å². The molecule has 12 nitrogen and oxygen atoms in total. The third-order valence-corrected chi connectivity index (χ3v) is 9.92. The minimum Gasteiger partial charge on any atom is -0.462 e. The Kier molecular flexibility index (Phi) is 12.9. The molecular formula is C29H39N5O7S3. The van der Waals surface area contributed by atoms with E-state index in [0.717, 1.165) is 35.9 Å². The lowest BCUT2D eigenvalue weighted by Crippen LogP contribution is -2.32. The fourth-order valence-electron chi connectivity index (χ4n) is 3.85. The Morgan fingerprint density at radius 1 is 0.818 bits per heavy atom. The summed E-state index contributed by atoms with van der Waals surface area (Å²) in [5.41, 5.74) is 8.83. The topological polar surface area (TPSA) is 175 Å². The molecule has 0 atom stereocenters. The maximum Gasteiger partial charge on any atom is 0.341 e. The van der Waals surface area contributed by atoms with Crippen LogP contribution in [0.3, 0.4) is 0 Å². The van der Waals surface area contributed by atoms with Crippen LogP contribution < -0.4 is 27.6 Å². The van der Waals surface area contributed by atoms with E-state index in [4.69, 9.17) is 15.2 Å². The van der Waals surface area contributed by atoms with Crippen LogP contribution in [0.2, 0.25) is 0 Å². The number of ether oxygens (including phenoxy) is 2. The minimum atomic E-state index is -0.402. The smallest absolute Gasteiger partial charge is 0.341 e. The summed E-state index contributed by atoms with van der Waals surface area (Å²) >= 11 is 4.24. The average Bonchev–Trinajstić information content (AvgIpc) is 3.51. The summed E-state index contributed by atoms with van der Waals surface area (Å²) < 4.78 is 11.0. The average molecular weight is 666 g/mol. The lowest BCUT2D eigenvalue weighted by atomic mass is 10.1. The van der Waals surface area contributed by atoms with E-state index in [1.165, 1.54) is 48.1 Å². The van der Waals surface area contributed by atoms with Gasteiger partial charge in [-0.2, -0.15) is 0 Å². The molecule has 240 valence electrons. The highest BCUT2D eigenvalue weighted by molar-refractivity contribution is 7.18. The molecule has 4 aromatic rings. The molecule has 0 fully saturated rings. The van der Waals surface area contributed by atoms with Gasteiger partial charge in [0.1, 0.15) is 14.8 Å². The van der Waals surface area contributed by atoms with Crippen LogP contribution in [0.1, 0.15) is 65.9 Å². The SMILES string of the molecule is CCOC(=O)c1c(N)sc(C)c1C.CCOC(=O)c1c(NC(=O)NC)sc(C)c1C.Cc1sc2[nH]c(=O)n(C)c(=O)c2c1C. The summed E-state index contributed by atoms with van der Waals surface area (Å²) in [4.78, 5) is 64.0. The van der Waals surface area contributed by atoms with Crippen LogP contribution in [-0.4, -0.2) is 47.8 Å². The Hall–Kier alpha value is -3.95. The number of hydrogen-bond donors (Lipinski definition) is 4. The Morgan fingerprint density at radius 2 is 1.32 bits per heavy atom. The number of esters is 2. The Balaban J connectivity index is 0.000000232. The monoisotopic (exact) mass is 665 g/mol. The molecule has 15 heteroatoms. The van der Waals surface area contributed by atoms with Crippen LogP contribution in [0, 0.1) is 41.5 Å². The van der Waals surface area contributed by atoms with Gasteiger partial charge in [0, 0.05) is 28.7 Å². The molecule has 4 rings (SSSR count). The van der Waals surface area contributed by atoms with Gasteiger partial charge in [-0.25, -0.2) is 19.2 Å². The first kappa shape index (κ1) is 36.2. The van der Waals surface area contributed by atoms with Crippen molar-refractivity contribution in [3.63, 3.8) is 0 Å². The summed E-state index contributed by atoms with van der Waals surface area (Å²) in [6.07, 6.45) is 0. The molecule has 5 N–H and O–H groups in total. The standard InChI is InChI=1S/C11H16N2O3S.C9H10N2O2S.C9H13NO2S/c1-5-16-10(14)8-6(2)7(3)17-9(8)13-11(15)12-4;1-4-5(2)14-7-6(4)8(12)11(3)9(13)10-7;1-4-12-9(11)7-5(2)6(3)13-8(7)10/h5H2,1-4H3,(H2,12,13,15);1-3H3,(H,10,13);4,10H2,1-3H3. The second-order valence-corrected chi connectivity index (χ2v) is 13.1. The molecule has 0 aliphatic rings. The van der Waals surface area contributed by atoms with Crippen molar-refractivity contribution in [3.05, 3.63) is 63.3 Å². The predicted molar refractivity (Wildman–Crippen MR) is 179 cm³/mol. The number of urea groups is 1. The molecule has 2 amide bonds. The largest absolute Gasteiger partial charge is 0.462 e. The number of nitrogens with zero attached hydrogens (tertiary/aromatic N) is 1. The van der Waals surface area contributed by atoms with Gasteiger partial charge in [0.25, 0.3) is 5.56 Å². The number of rotatable bonds is 5. The fraction of sp³-hybridized carbons (Fsp3) is 0.414. The van der Waals surface area contributed by atoms with Gasteiger partial charge in [-0.05, 0) is 72.1 Å². The molecule has 4 aromatic heterocycles. The Bertz CT molecular complexity index is 1790. The molecule has 0 aliphatic heterocycles. The minimum absolute atomic E-state index is 0.217. The van der Waals surface area contributed by atoms with Gasteiger partial charge in [-0.1, -0.05) is 0 Å². The first-order valence-corrected chi connectivity index (χ1v) is 16.0. The lowest BCUT2D eigenvalue weighted by Gasteiger charge is -2.06. The van der Waals surface area contributed by atoms with Crippen molar-refractivity contribution >= 4 is 72.2 Å². The zero-order valence-electron chi connectivity index (χ0n) is 26.5. The first-order valence-electron chi connectivity index (χ1n) is 13.6. The third kappa shape index (κ3) is 8.15. The van der Waals surface area contributed by atoms with Crippen LogP contribution in [0.4, 0.5) is 14.8 Å². The summed E-state index contributed by atoms with van der Waals surface area (Å²) in [5.74, 6) is -0.720. The van der Waals surface area contributed by atoms with Crippen molar-refractivity contribution in [2.45, 2.75) is 55.4 Å². The van der Waals surface area contributed by atoms with Gasteiger partial charge < -0.3 is 20.5 Å². The number of aromatic amines is 1. The van der Waals surface area contributed by atoms with E-state index in [2.05, 4.69) is 15.6 Å². The number of thiophene rings is 3. The van der Waals surface area contributed by atoms with E-state index < -0.39 is 5.97 Å². The van der Waals surface area contributed by atoms with Crippen molar-refractivity contribution in [2.24, 2.45) is 7.05 Å². The fourth-order valence-corrected chi connectivity index (χ4v) is 6.86. The highest BCUT2D eigenvalue weighted by atomic mass is 32.1. The molecule has 0 saturated heterocycles. The number of amides is 2.